The monoisotopic (exact) mass is 295 g/mol. The first-order valence-corrected chi connectivity index (χ1v) is 7.03. The molecule has 1 heterocycles. The highest BCUT2D eigenvalue weighted by atomic mass is 16.5. The zero-order valence-electron chi connectivity index (χ0n) is 12.6. The van der Waals surface area contributed by atoms with E-state index in [1.54, 1.807) is 20.4 Å². The van der Waals surface area contributed by atoms with Gasteiger partial charge in [0.15, 0.2) is 16.9 Å². The highest BCUT2D eigenvalue weighted by molar-refractivity contribution is 5.78. The minimum absolute atomic E-state index is 0.0594. The van der Waals surface area contributed by atoms with Crippen molar-refractivity contribution < 1.29 is 9.47 Å². The van der Waals surface area contributed by atoms with Crippen molar-refractivity contribution in [2.45, 2.75) is 6.42 Å². The van der Waals surface area contributed by atoms with Gasteiger partial charge in [-0.15, -0.1) is 0 Å². The SMILES string of the molecule is COc1ccc(Cc2c[nH]c3ccccc3c2=O)cc1OC. The summed E-state index contributed by atoms with van der Waals surface area (Å²) in [6, 6.07) is 13.2. The number of methoxy groups -OCH3 is 2. The Morgan fingerprint density at radius 2 is 1.77 bits per heavy atom. The third-order valence-electron chi connectivity index (χ3n) is 3.71. The molecule has 4 heteroatoms. The molecule has 4 nitrogen and oxygen atoms in total. The second-order valence-electron chi connectivity index (χ2n) is 5.05. The molecule has 0 saturated carbocycles. The zero-order chi connectivity index (χ0) is 15.5. The molecule has 0 aliphatic rings. The van der Waals surface area contributed by atoms with Gasteiger partial charge in [-0.25, -0.2) is 0 Å². The van der Waals surface area contributed by atoms with Gasteiger partial charge in [0.25, 0.3) is 0 Å². The lowest BCUT2D eigenvalue weighted by atomic mass is 10.0. The summed E-state index contributed by atoms with van der Waals surface area (Å²) >= 11 is 0. The molecule has 3 aromatic rings. The molecule has 0 unspecified atom stereocenters. The van der Waals surface area contributed by atoms with Gasteiger partial charge in [-0.2, -0.15) is 0 Å². The van der Waals surface area contributed by atoms with Crippen LogP contribution in [0.4, 0.5) is 0 Å². The van der Waals surface area contributed by atoms with E-state index in [2.05, 4.69) is 4.98 Å². The summed E-state index contributed by atoms with van der Waals surface area (Å²) in [6.07, 6.45) is 2.32. The predicted octanol–water partition coefficient (Wildman–Crippen LogP) is 3.14. The quantitative estimate of drug-likeness (QED) is 0.804. The van der Waals surface area contributed by atoms with Crippen molar-refractivity contribution in [3.05, 3.63) is 70.0 Å². The van der Waals surface area contributed by atoms with E-state index in [1.165, 1.54) is 0 Å². The average molecular weight is 295 g/mol. The summed E-state index contributed by atoms with van der Waals surface area (Å²) < 4.78 is 10.5. The fraction of sp³-hybridized carbons (Fsp3) is 0.167. The topological polar surface area (TPSA) is 51.3 Å². The van der Waals surface area contributed by atoms with Crippen LogP contribution in [-0.4, -0.2) is 19.2 Å². The van der Waals surface area contributed by atoms with Gasteiger partial charge in [-0.05, 0) is 29.8 Å². The van der Waals surface area contributed by atoms with Crippen LogP contribution < -0.4 is 14.9 Å². The van der Waals surface area contributed by atoms with Crippen molar-refractivity contribution >= 4 is 10.9 Å². The number of hydrogen-bond acceptors (Lipinski definition) is 3. The first kappa shape index (κ1) is 14.2. The van der Waals surface area contributed by atoms with Crippen LogP contribution >= 0.6 is 0 Å². The molecule has 0 aliphatic heterocycles. The lowest BCUT2D eigenvalue weighted by molar-refractivity contribution is 0.354. The van der Waals surface area contributed by atoms with Crippen LogP contribution in [-0.2, 0) is 6.42 Å². The van der Waals surface area contributed by atoms with Gasteiger partial charge >= 0.3 is 0 Å². The maximum absolute atomic E-state index is 12.5. The molecule has 1 aromatic heterocycles. The standard InChI is InChI=1S/C18H17NO3/c1-21-16-8-7-12(10-17(16)22-2)9-13-11-19-15-6-4-3-5-14(15)18(13)20/h3-8,10-11H,9H2,1-2H3,(H,19,20). The molecule has 0 radical (unpaired) electrons. The van der Waals surface area contributed by atoms with E-state index in [-0.39, 0.29) is 5.43 Å². The smallest absolute Gasteiger partial charge is 0.192 e. The van der Waals surface area contributed by atoms with Crippen molar-refractivity contribution in [2.75, 3.05) is 14.2 Å². The van der Waals surface area contributed by atoms with Crippen molar-refractivity contribution in [3.8, 4) is 11.5 Å². The van der Waals surface area contributed by atoms with Crippen LogP contribution in [0.3, 0.4) is 0 Å². The number of ether oxygens (including phenoxy) is 2. The maximum Gasteiger partial charge on any atom is 0.192 e. The molecule has 112 valence electrons. The number of benzene rings is 2. The van der Waals surface area contributed by atoms with Crippen LogP contribution in [0.2, 0.25) is 0 Å². The third-order valence-corrected chi connectivity index (χ3v) is 3.71. The second-order valence-corrected chi connectivity index (χ2v) is 5.05. The summed E-state index contributed by atoms with van der Waals surface area (Å²) in [6.45, 7) is 0. The summed E-state index contributed by atoms with van der Waals surface area (Å²) in [4.78, 5) is 15.7. The van der Waals surface area contributed by atoms with Gasteiger partial charge in [0.2, 0.25) is 0 Å². The number of pyridine rings is 1. The Labute approximate surface area is 128 Å². The fourth-order valence-electron chi connectivity index (χ4n) is 2.55. The van der Waals surface area contributed by atoms with E-state index in [9.17, 15) is 4.79 Å². The van der Waals surface area contributed by atoms with Crippen LogP contribution in [0, 0.1) is 0 Å². The van der Waals surface area contributed by atoms with Crippen molar-refractivity contribution in [1.82, 2.24) is 4.98 Å². The number of rotatable bonds is 4. The van der Waals surface area contributed by atoms with Crippen molar-refractivity contribution in [3.63, 3.8) is 0 Å². The highest BCUT2D eigenvalue weighted by Gasteiger charge is 2.08. The van der Waals surface area contributed by atoms with E-state index < -0.39 is 0 Å². The lowest BCUT2D eigenvalue weighted by Crippen LogP contribution is -2.10. The highest BCUT2D eigenvalue weighted by Crippen LogP contribution is 2.28. The molecule has 0 atom stereocenters. The molecule has 1 N–H and O–H groups in total. The minimum Gasteiger partial charge on any atom is -0.493 e. The number of aromatic amines is 1. The number of fused-ring (bicyclic) bond motifs is 1. The van der Waals surface area contributed by atoms with Gasteiger partial charge in [0.05, 0.1) is 14.2 Å². The molecule has 0 spiro atoms. The molecular formula is C18H17NO3. The average Bonchev–Trinajstić information content (AvgIpc) is 2.57. The Balaban J connectivity index is 2.00. The van der Waals surface area contributed by atoms with Crippen LogP contribution in [0.5, 0.6) is 11.5 Å². The van der Waals surface area contributed by atoms with Gasteiger partial charge in [-0.3, -0.25) is 4.79 Å². The Bertz CT molecular complexity index is 868. The van der Waals surface area contributed by atoms with E-state index in [1.807, 2.05) is 42.5 Å². The molecule has 0 amide bonds. The van der Waals surface area contributed by atoms with Crippen molar-refractivity contribution in [2.24, 2.45) is 0 Å². The predicted molar refractivity (Wildman–Crippen MR) is 86.9 cm³/mol. The Hall–Kier alpha value is -2.75. The molecule has 2 aromatic carbocycles. The Morgan fingerprint density at radius 3 is 2.55 bits per heavy atom. The van der Waals surface area contributed by atoms with Crippen LogP contribution in [0.1, 0.15) is 11.1 Å². The number of H-pyrrole nitrogens is 1. The number of nitrogens with one attached hydrogen (secondary N) is 1. The maximum atomic E-state index is 12.5. The third kappa shape index (κ3) is 2.55. The number of aromatic nitrogens is 1. The normalized spacial score (nSPS) is 10.6. The summed E-state index contributed by atoms with van der Waals surface area (Å²) in [5.74, 6) is 1.34. The summed E-state index contributed by atoms with van der Waals surface area (Å²) in [5.41, 5.74) is 2.64. The molecule has 0 aliphatic carbocycles. The van der Waals surface area contributed by atoms with Gasteiger partial charge < -0.3 is 14.5 Å². The molecule has 22 heavy (non-hydrogen) atoms. The molecule has 0 saturated heterocycles. The first-order valence-electron chi connectivity index (χ1n) is 7.03. The molecule has 0 bridgehead atoms. The lowest BCUT2D eigenvalue weighted by Gasteiger charge is -2.09. The molecule has 3 rings (SSSR count). The van der Waals surface area contributed by atoms with Crippen LogP contribution in [0.15, 0.2) is 53.5 Å². The van der Waals surface area contributed by atoms with Gasteiger partial charge in [0.1, 0.15) is 0 Å². The molecule has 0 fully saturated rings. The first-order chi connectivity index (χ1) is 10.7. The largest absolute Gasteiger partial charge is 0.493 e. The Morgan fingerprint density at radius 1 is 1.00 bits per heavy atom. The number of para-hydroxylation sites is 1. The van der Waals surface area contributed by atoms with E-state index in [0.29, 0.717) is 23.3 Å². The zero-order valence-corrected chi connectivity index (χ0v) is 12.6. The summed E-state index contributed by atoms with van der Waals surface area (Å²) in [5, 5.41) is 0.709. The van der Waals surface area contributed by atoms with Crippen LogP contribution in [0.25, 0.3) is 10.9 Å². The summed E-state index contributed by atoms with van der Waals surface area (Å²) in [7, 11) is 3.20. The van der Waals surface area contributed by atoms with Gasteiger partial charge in [-0.1, -0.05) is 18.2 Å². The Kier molecular flexibility index (Phi) is 3.83. The second kappa shape index (κ2) is 5.93. The minimum atomic E-state index is 0.0594. The fourth-order valence-corrected chi connectivity index (χ4v) is 2.55. The van der Waals surface area contributed by atoms with Crippen molar-refractivity contribution in [1.29, 1.82) is 0 Å². The molecular weight excluding hydrogens is 278 g/mol. The van der Waals surface area contributed by atoms with E-state index >= 15 is 0 Å². The number of hydrogen-bond donors (Lipinski definition) is 1. The van der Waals surface area contributed by atoms with Gasteiger partial charge in [0, 0.05) is 29.1 Å². The van der Waals surface area contributed by atoms with E-state index in [4.69, 9.17) is 9.47 Å². The van der Waals surface area contributed by atoms with E-state index in [0.717, 1.165) is 16.6 Å².